The standard InChI is InChI=1S/5C2H4O2.Mg.2H3N/c5*1-2(3)4;;;/h5*1H3,(H,3,4);;2*1H3/q;;;;;+2;;/p-2. The van der Waals surface area contributed by atoms with Gasteiger partial charge in [0.1, 0.15) is 0 Å². The first kappa shape index (κ1) is 49.7. The average Bonchev–Trinajstić information content (AvgIpc) is 1.94. The van der Waals surface area contributed by atoms with E-state index < -0.39 is 29.8 Å². The number of carbonyl (C=O) groups excluding carboxylic acids is 4. The van der Waals surface area contributed by atoms with Gasteiger partial charge < -0.3 is 57.0 Å². The molecule has 0 aliphatic rings. The Labute approximate surface area is 149 Å². The van der Waals surface area contributed by atoms with Gasteiger partial charge in [0.15, 0.2) is 0 Å². The molecule has 0 saturated heterocycles. The molecule has 9 N–H and O–H groups in total. The monoisotopic (exact) mass is 356 g/mol. The summed E-state index contributed by atoms with van der Waals surface area (Å²) in [6.07, 6.45) is 0. The zero-order valence-corrected chi connectivity index (χ0v) is 15.7. The third kappa shape index (κ3) is 1690. The van der Waals surface area contributed by atoms with Gasteiger partial charge in [-0.25, -0.2) is 0 Å². The predicted octanol–water partition coefficient (Wildman–Crippen LogP) is -4.51. The van der Waals surface area contributed by atoms with Crippen LogP contribution in [0.4, 0.5) is 0 Å². The summed E-state index contributed by atoms with van der Waals surface area (Å²) >= 11 is 0. The molecule has 0 radical (unpaired) electrons. The third-order valence-corrected chi connectivity index (χ3v) is 0. The first-order chi connectivity index (χ1) is 8.66. The van der Waals surface area contributed by atoms with Crippen LogP contribution in [0.25, 0.3) is 0 Å². The molecule has 0 aliphatic heterocycles. The molecule has 0 aromatic rings. The maximum Gasteiger partial charge on any atom is 2.00 e. The summed E-state index contributed by atoms with van der Waals surface area (Å²) in [5.74, 6) is -5.17. The van der Waals surface area contributed by atoms with E-state index >= 15 is 0 Å². The van der Waals surface area contributed by atoms with E-state index in [-0.39, 0.29) is 35.4 Å². The summed E-state index contributed by atoms with van der Waals surface area (Å²) in [5.41, 5.74) is 0. The normalized spacial score (nSPS) is 5.43. The molecule has 0 atom stereocenters. The minimum atomic E-state index is -1.08. The Morgan fingerprint density at radius 1 is 0.565 bits per heavy atom. The molecule has 23 heavy (non-hydrogen) atoms. The van der Waals surface area contributed by atoms with Crippen molar-refractivity contribution in [2.24, 2.45) is 0 Å². The van der Waals surface area contributed by atoms with Crippen LogP contribution >= 0.6 is 0 Å². The second-order valence-corrected chi connectivity index (χ2v) is 2.49. The van der Waals surface area contributed by atoms with Crippen molar-refractivity contribution in [1.82, 2.24) is 12.3 Å². The van der Waals surface area contributed by atoms with E-state index in [0.717, 1.165) is 34.6 Å². The minimum Gasteiger partial charge on any atom is -0.550 e. The molecule has 0 heterocycles. The molecule has 0 aromatic carbocycles. The van der Waals surface area contributed by atoms with Gasteiger partial charge in [0.2, 0.25) is 0 Å². The first-order valence-electron chi connectivity index (χ1n) is 4.56. The summed E-state index contributed by atoms with van der Waals surface area (Å²) in [6, 6.07) is 0. The molecular weight excluding hydrogens is 332 g/mol. The summed E-state index contributed by atoms with van der Waals surface area (Å²) in [7, 11) is 0. The van der Waals surface area contributed by atoms with Crippen LogP contribution in [0, 0.1) is 0 Å². The smallest absolute Gasteiger partial charge is 0.550 e. The van der Waals surface area contributed by atoms with Gasteiger partial charge in [0.05, 0.1) is 0 Å². The van der Waals surface area contributed by atoms with E-state index in [1.165, 1.54) is 0 Å². The summed E-state index contributed by atoms with van der Waals surface area (Å²) in [5, 5.41) is 43.0. The van der Waals surface area contributed by atoms with Crippen LogP contribution in [0.5, 0.6) is 0 Å². The fourth-order valence-corrected chi connectivity index (χ4v) is 0. The zero-order chi connectivity index (χ0) is 17.9. The van der Waals surface area contributed by atoms with Gasteiger partial charge >= 0.3 is 23.1 Å². The molecular formula is C10H24MgN2O10. The third-order valence-electron chi connectivity index (χ3n) is 0. The van der Waals surface area contributed by atoms with Crippen LogP contribution in [0.2, 0.25) is 0 Å². The Bertz CT molecular complexity index is 220. The quantitative estimate of drug-likeness (QED) is 0.349. The van der Waals surface area contributed by atoms with Gasteiger partial charge in [0, 0.05) is 30.8 Å². The van der Waals surface area contributed by atoms with Crippen LogP contribution in [-0.4, -0.2) is 58.0 Å². The van der Waals surface area contributed by atoms with Crippen LogP contribution in [-0.2, 0) is 24.0 Å². The van der Waals surface area contributed by atoms with Crippen LogP contribution < -0.4 is 32.7 Å². The Morgan fingerprint density at radius 3 is 0.565 bits per heavy atom. The van der Waals surface area contributed by atoms with Gasteiger partial charge in [-0.15, -0.1) is 0 Å². The van der Waals surface area contributed by atoms with E-state index in [1.54, 1.807) is 0 Å². The van der Waals surface area contributed by atoms with Crippen molar-refractivity contribution in [2.75, 3.05) is 0 Å². The second kappa shape index (κ2) is 42.7. The molecule has 13 heteroatoms. The van der Waals surface area contributed by atoms with E-state index in [4.69, 9.17) is 49.5 Å². The molecule has 0 unspecified atom stereocenters. The fraction of sp³-hybridized carbons (Fsp3) is 0.500. The van der Waals surface area contributed by atoms with Gasteiger partial charge in [-0.2, -0.15) is 0 Å². The number of hydrogen-bond donors (Lipinski definition) is 3. The van der Waals surface area contributed by atoms with Crippen LogP contribution in [0.1, 0.15) is 34.6 Å². The Balaban J connectivity index is -0.0000000197. The van der Waals surface area contributed by atoms with Crippen molar-refractivity contribution >= 4 is 52.9 Å². The molecule has 0 saturated carbocycles. The van der Waals surface area contributed by atoms with Gasteiger partial charge in [-0.05, 0) is 27.7 Å². The first-order valence-corrected chi connectivity index (χ1v) is 4.56. The zero-order valence-electron chi connectivity index (χ0n) is 14.3. The number of carboxylic acid groups (broad SMARTS) is 5. The van der Waals surface area contributed by atoms with Gasteiger partial charge in [0.25, 0.3) is 5.97 Å². The fourth-order valence-electron chi connectivity index (χ4n) is 0. The van der Waals surface area contributed by atoms with Crippen molar-refractivity contribution in [3.8, 4) is 0 Å². The molecule has 136 valence electrons. The molecule has 0 fully saturated rings. The largest absolute Gasteiger partial charge is 2.00 e. The molecule has 0 aromatic heterocycles. The number of carbonyl (C=O) groups is 5. The minimum absolute atomic E-state index is 0. The molecule has 0 spiro atoms. The van der Waals surface area contributed by atoms with Crippen molar-refractivity contribution in [3.05, 3.63) is 0 Å². The van der Waals surface area contributed by atoms with E-state index in [0.29, 0.717) is 0 Å². The maximum atomic E-state index is 9.00. The Morgan fingerprint density at radius 2 is 0.565 bits per heavy atom. The van der Waals surface area contributed by atoms with Crippen molar-refractivity contribution in [1.29, 1.82) is 0 Å². The molecule has 0 amide bonds. The number of hydrogen-bond acceptors (Lipinski definition) is 9. The van der Waals surface area contributed by atoms with E-state index in [9.17, 15) is 0 Å². The van der Waals surface area contributed by atoms with Crippen molar-refractivity contribution < 1.29 is 49.5 Å². The number of rotatable bonds is 0. The van der Waals surface area contributed by atoms with Crippen molar-refractivity contribution in [3.63, 3.8) is 0 Å². The average molecular weight is 357 g/mol. The van der Waals surface area contributed by atoms with E-state index in [1.807, 2.05) is 0 Å². The number of aliphatic carboxylic acids is 5. The summed E-state index contributed by atoms with van der Waals surface area (Å²) in [4.78, 5) is 44.6. The topological polar surface area (TPSA) is 271 Å². The summed E-state index contributed by atoms with van der Waals surface area (Å²) < 4.78 is 0. The van der Waals surface area contributed by atoms with Crippen LogP contribution in [0.15, 0.2) is 0 Å². The molecule has 12 nitrogen and oxygen atoms in total. The van der Waals surface area contributed by atoms with Crippen LogP contribution in [0.3, 0.4) is 0 Å². The molecule has 0 bridgehead atoms. The Hall–Kier alpha value is -1.96. The summed E-state index contributed by atoms with van der Waals surface area (Å²) in [6.45, 7) is 4.97. The molecule has 0 rings (SSSR count). The van der Waals surface area contributed by atoms with E-state index in [2.05, 4.69) is 0 Å². The Kier molecular flexibility index (Phi) is 92.3. The number of quaternary nitrogens is 2. The molecule has 0 aliphatic carbocycles. The second-order valence-electron chi connectivity index (χ2n) is 2.49. The van der Waals surface area contributed by atoms with Crippen molar-refractivity contribution in [2.45, 2.75) is 34.6 Å². The van der Waals surface area contributed by atoms with Gasteiger partial charge in [-0.3, -0.25) is 4.79 Å². The number of carboxylic acids is 5. The SMILES string of the molecule is CC(=O)O.CC(=O)[O-].CC(=O)[O-].CC(=O)[O-].CC(=O)[O-].[Mg+2].[NH4+].[NH4+]. The maximum absolute atomic E-state index is 9.00. The predicted molar refractivity (Wildman–Crippen MR) is 73.8 cm³/mol. The van der Waals surface area contributed by atoms with Gasteiger partial charge in [-0.1, -0.05) is 0 Å².